The van der Waals surface area contributed by atoms with Crippen molar-refractivity contribution in [2.45, 2.75) is 13.2 Å². The molecule has 0 aliphatic rings. The summed E-state index contributed by atoms with van der Waals surface area (Å²) in [5.74, 6) is 1.23. The number of fused-ring (bicyclic) bond motifs is 1. The van der Waals surface area contributed by atoms with Gasteiger partial charge in [-0.15, -0.1) is 0 Å². The van der Waals surface area contributed by atoms with Gasteiger partial charge in [-0.2, -0.15) is 0 Å². The lowest BCUT2D eigenvalue weighted by molar-refractivity contribution is 0.248. The zero-order chi connectivity index (χ0) is 18.9. The third kappa shape index (κ3) is 2.82. The Kier molecular flexibility index (Phi) is 4.07. The van der Waals surface area contributed by atoms with E-state index in [-0.39, 0.29) is 6.61 Å². The van der Waals surface area contributed by atoms with Gasteiger partial charge in [0.1, 0.15) is 18.1 Å². The second-order valence-corrected chi connectivity index (χ2v) is 6.72. The Morgan fingerprint density at radius 3 is 2.68 bits per heavy atom. The van der Waals surface area contributed by atoms with Crippen LogP contribution >= 0.6 is 0 Å². The maximum Gasteiger partial charge on any atom is 0.153 e. The van der Waals surface area contributed by atoms with E-state index in [0.717, 1.165) is 22.5 Å². The first-order valence-electron chi connectivity index (χ1n) is 9.19. The molecule has 0 aliphatic heterocycles. The average Bonchev–Trinajstić information content (AvgIpc) is 3.48. The van der Waals surface area contributed by atoms with E-state index in [4.69, 9.17) is 9.40 Å². The van der Waals surface area contributed by atoms with Gasteiger partial charge < -0.3 is 19.1 Å². The van der Waals surface area contributed by atoms with Crippen molar-refractivity contribution >= 4 is 10.9 Å². The largest absolute Gasteiger partial charge is 0.457 e. The van der Waals surface area contributed by atoms with Gasteiger partial charge in [0.2, 0.25) is 0 Å². The maximum absolute atomic E-state index is 9.41. The molecule has 5 nitrogen and oxygen atoms in total. The standard InChI is InChI=1S/C23H19N3O2/c27-14-18-9-10-21(28-18)23-22(16-5-2-1-3-6-16)25-15-26(23)13-17-7-4-8-20-19(17)11-12-24-20/h1-12,15,24,27H,13-14H2. The zero-order valence-corrected chi connectivity index (χ0v) is 15.2. The molecule has 2 N–H and O–H groups in total. The van der Waals surface area contributed by atoms with Crippen LogP contribution in [-0.2, 0) is 13.2 Å². The molecule has 3 heterocycles. The van der Waals surface area contributed by atoms with Gasteiger partial charge in [0.25, 0.3) is 0 Å². The summed E-state index contributed by atoms with van der Waals surface area (Å²) in [4.78, 5) is 7.96. The van der Waals surface area contributed by atoms with E-state index in [9.17, 15) is 5.11 Å². The predicted octanol–water partition coefficient (Wildman–Crippen LogP) is 4.83. The van der Waals surface area contributed by atoms with Crippen LogP contribution in [0.2, 0.25) is 0 Å². The van der Waals surface area contributed by atoms with Crippen molar-refractivity contribution in [3.05, 3.63) is 90.6 Å². The second kappa shape index (κ2) is 6.87. The van der Waals surface area contributed by atoms with Crippen LogP contribution in [0.1, 0.15) is 11.3 Å². The van der Waals surface area contributed by atoms with Crippen molar-refractivity contribution in [1.29, 1.82) is 0 Å². The highest BCUT2D eigenvalue weighted by Crippen LogP contribution is 2.33. The molecule has 0 radical (unpaired) electrons. The highest BCUT2D eigenvalue weighted by Gasteiger charge is 2.19. The molecule has 0 fully saturated rings. The lowest BCUT2D eigenvalue weighted by Crippen LogP contribution is -2.01. The first-order chi connectivity index (χ1) is 13.8. The number of aliphatic hydroxyl groups is 1. The normalized spacial score (nSPS) is 11.3. The smallest absolute Gasteiger partial charge is 0.153 e. The molecule has 0 amide bonds. The molecular formula is C23H19N3O2. The Balaban J connectivity index is 1.65. The highest BCUT2D eigenvalue weighted by molar-refractivity contribution is 5.83. The number of nitrogens with zero attached hydrogens (tertiary/aromatic N) is 2. The van der Waals surface area contributed by atoms with Crippen LogP contribution in [0.25, 0.3) is 33.6 Å². The van der Waals surface area contributed by atoms with E-state index >= 15 is 0 Å². The van der Waals surface area contributed by atoms with E-state index < -0.39 is 0 Å². The molecular weight excluding hydrogens is 350 g/mol. The lowest BCUT2D eigenvalue weighted by Gasteiger charge is -2.10. The maximum atomic E-state index is 9.41. The molecule has 0 spiro atoms. The summed E-state index contributed by atoms with van der Waals surface area (Å²) >= 11 is 0. The Labute approximate surface area is 161 Å². The van der Waals surface area contributed by atoms with Gasteiger partial charge in [0.15, 0.2) is 5.76 Å². The van der Waals surface area contributed by atoms with Crippen LogP contribution in [0.3, 0.4) is 0 Å². The summed E-state index contributed by atoms with van der Waals surface area (Å²) in [5, 5.41) is 10.6. The Morgan fingerprint density at radius 2 is 1.86 bits per heavy atom. The molecule has 5 aromatic rings. The average molecular weight is 369 g/mol. The topological polar surface area (TPSA) is 67.0 Å². The van der Waals surface area contributed by atoms with E-state index in [1.165, 1.54) is 10.9 Å². The van der Waals surface area contributed by atoms with Crippen LogP contribution in [0.4, 0.5) is 0 Å². The van der Waals surface area contributed by atoms with Crippen LogP contribution in [0, 0.1) is 0 Å². The van der Waals surface area contributed by atoms with Crippen LogP contribution in [0.15, 0.2) is 83.7 Å². The summed E-state index contributed by atoms with van der Waals surface area (Å²) in [5.41, 5.74) is 5.10. The number of rotatable bonds is 5. The molecule has 5 heteroatoms. The van der Waals surface area contributed by atoms with Gasteiger partial charge in [0, 0.05) is 29.2 Å². The summed E-state index contributed by atoms with van der Waals surface area (Å²) in [7, 11) is 0. The van der Waals surface area contributed by atoms with Crippen LogP contribution in [-0.4, -0.2) is 19.6 Å². The first kappa shape index (κ1) is 16.6. The molecule has 138 valence electrons. The third-order valence-corrected chi connectivity index (χ3v) is 4.96. The van der Waals surface area contributed by atoms with Gasteiger partial charge in [-0.1, -0.05) is 42.5 Å². The number of hydrogen-bond acceptors (Lipinski definition) is 3. The fraction of sp³-hybridized carbons (Fsp3) is 0.0870. The minimum absolute atomic E-state index is 0.128. The number of imidazole rings is 1. The molecule has 0 aliphatic carbocycles. The number of aromatic nitrogens is 3. The highest BCUT2D eigenvalue weighted by atomic mass is 16.4. The molecule has 5 rings (SSSR count). The van der Waals surface area contributed by atoms with Crippen molar-refractivity contribution in [3.63, 3.8) is 0 Å². The number of aromatic amines is 1. The van der Waals surface area contributed by atoms with Gasteiger partial charge in [-0.25, -0.2) is 4.98 Å². The number of H-pyrrole nitrogens is 1. The molecule has 28 heavy (non-hydrogen) atoms. The molecule has 2 aromatic carbocycles. The minimum Gasteiger partial charge on any atom is -0.457 e. The fourth-order valence-electron chi connectivity index (χ4n) is 3.63. The lowest BCUT2D eigenvalue weighted by atomic mass is 10.1. The van der Waals surface area contributed by atoms with Crippen molar-refractivity contribution in [3.8, 4) is 22.7 Å². The fourth-order valence-corrected chi connectivity index (χ4v) is 3.63. The number of hydrogen-bond donors (Lipinski definition) is 2. The summed E-state index contributed by atoms with van der Waals surface area (Å²) in [6.07, 6.45) is 3.81. The van der Waals surface area contributed by atoms with E-state index in [2.05, 4.69) is 33.8 Å². The summed E-state index contributed by atoms with van der Waals surface area (Å²) < 4.78 is 7.97. The number of benzene rings is 2. The zero-order valence-electron chi connectivity index (χ0n) is 15.2. The number of nitrogens with one attached hydrogen (secondary N) is 1. The van der Waals surface area contributed by atoms with Gasteiger partial charge in [-0.3, -0.25) is 0 Å². The predicted molar refractivity (Wildman–Crippen MR) is 109 cm³/mol. The van der Waals surface area contributed by atoms with Crippen molar-refractivity contribution in [2.24, 2.45) is 0 Å². The van der Waals surface area contributed by atoms with E-state index in [1.54, 1.807) is 6.07 Å². The van der Waals surface area contributed by atoms with Gasteiger partial charge >= 0.3 is 0 Å². The summed E-state index contributed by atoms with van der Waals surface area (Å²) in [6.45, 7) is 0.539. The van der Waals surface area contributed by atoms with Gasteiger partial charge in [0.05, 0.1) is 12.0 Å². The van der Waals surface area contributed by atoms with E-state index in [1.807, 2.05) is 48.9 Å². The molecule has 3 aromatic heterocycles. The first-order valence-corrected chi connectivity index (χ1v) is 9.19. The second-order valence-electron chi connectivity index (χ2n) is 6.72. The van der Waals surface area contributed by atoms with Crippen LogP contribution < -0.4 is 0 Å². The van der Waals surface area contributed by atoms with Gasteiger partial charge in [-0.05, 0) is 29.8 Å². The summed E-state index contributed by atoms with van der Waals surface area (Å²) in [6, 6.07) is 22.1. The molecule has 0 atom stereocenters. The number of furan rings is 1. The Bertz CT molecular complexity index is 1230. The minimum atomic E-state index is -0.128. The van der Waals surface area contributed by atoms with E-state index in [0.29, 0.717) is 18.1 Å². The van der Waals surface area contributed by atoms with Crippen molar-refractivity contribution < 1.29 is 9.52 Å². The van der Waals surface area contributed by atoms with Crippen molar-refractivity contribution in [2.75, 3.05) is 0 Å². The molecule has 0 unspecified atom stereocenters. The Morgan fingerprint density at radius 1 is 0.964 bits per heavy atom. The molecule has 0 saturated carbocycles. The third-order valence-electron chi connectivity index (χ3n) is 4.96. The quantitative estimate of drug-likeness (QED) is 0.466. The van der Waals surface area contributed by atoms with Crippen molar-refractivity contribution in [1.82, 2.24) is 14.5 Å². The molecule has 0 bridgehead atoms. The van der Waals surface area contributed by atoms with Crippen LogP contribution in [0.5, 0.6) is 0 Å². The monoisotopic (exact) mass is 369 g/mol. The Hall–Kier alpha value is -3.57. The molecule has 0 saturated heterocycles. The SMILES string of the molecule is OCc1ccc(-c2c(-c3ccccc3)ncn2Cc2cccc3[nH]ccc23)o1. The number of aliphatic hydroxyl groups excluding tert-OH is 1.